The van der Waals surface area contributed by atoms with Crippen LogP contribution in [0.4, 0.5) is 5.82 Å². The second-order valence-electron chi connectivity index (χ2n) is 8.02. The monoisotopic (exact) mass is 377 g/mol. The molecule has 3 aliphatic rings. The zero-order chi connectivity index (χ0) is 18.5. The van der Waals surface area contributed by atoms with E-state index in [9.17, 15) is 0 Å². The third kappa shape index (κ3) is 3.07. The second kappa shape index (κ2) is 6.41. The van der Waals surface area contributed by atoms with Crippen molar-refractivity contribution < 1.29 is 4.74 Å². The lowest BCUT2D eigenvalue weighted by atomic mass is 10.2. The summed E-state index contributed by atoms with van der Waals surface area (Å²) >= 11 is 0. The smallest absolute Gasteiger partial charge is 0.157 e. The van der Waals surface area contributed by atoms with Crippen molar-refractivity contribution in [3.05, 3.63) is 30.4 Å². The van der Waals surface area contributed by atoms with Crippen LogP contribution < -0.4 is 15.4 Å². The first-order valence-corrected chi connectivity index (χ1v) is 10.2. The highest BCUT2D eigenvalue weighted by Gasteiger charge is 2.33. The Kier molecular flexibility index (Phi) is 3.72. The summed E-state index contributed by atoms with van der Waals surface area (Å²) in [4.78, 5) is 13.7. The van der Waals surface area contributed by atoms with Crippen LogP contribution in [0.1, 0.15) is 43.7 Å². The summed E-state index contributed by atoms with van der Waals surface area (Å²) in [5, 5.41) is 11.7. The predicted molar refractivity (Wildman–Crippen MR) is 105 cm³/mol. The van der Waals surface area contributed by atoms with Crippen molar-refractivity contribution in [1.82, 2.24) is 29.9 Å². The lowest BCUT2D eigenvalue weighted by molar-refractivity contribution is 0.297. The Balaban J connectivity index is 1.36. The van der Waals surface area contributed by atoms with Crippen molar-refractivity contribution in [3.8, 4) is 17.1 Å². The van der Waals surface area contributed by atoms with Crippen LogP contribution in [0.3, 0.4) is 0 Å². The number of hydrogen-bond donors (Lipinski definition) is 2. The first-order valence-electron chi connectivity index (χ1n) is 10.2. The van der Waals surface area contributed by atoms with Gasteiger partial charge in [-0.05, 0) is 38.6 Å². The molecule has 28 heavy (non-hydrogen) atoms. The van der Waals surface area contributed by atoms with Gasteiger partial charge in [0.2, 0.25) is 0 Å². The Bertz CT molecular complexity index is 1020. The Labute approximate surface area is 162 Å². The average molecular weight is 377 g/mol. The number of aromatic nitrogens is 5. The zero-order valence-electron chi connectivity index (χ0n) is 15.6. The number of imidazole rings is 1. The number of ether oxygens (including phenoxy) is 1. The van der Waals surface area contributed by atoms with Gasteiger partial charge < -0.3 is 15.4 Å². The fraction of sp³-hybridized carbons (Fsp3) is 0.500. The topological polar surface area (TPSA) is 89.3 Å². The Hall–Kier alpha value is -2.74. The second-order valence-corrected chi connectivity index (χ2v) is 8.02. The van der Waals surface area contributed by atoms with Gasteiger partial charge in [-0.1, -0.05) is 0 Å². The van der Waals surface area contributed by atoms with Gasteiger partial charge >= 0.3 is 0 Å². The molecule has 0 unspecified atom stereocenters. The molecule has 3 aromatic heterocycles. The van der Waals surface area contributed by atoms with Crippen LogP contribution in [0.2, 0.25) is 0 Å². The van der Waals surface area contributed by atoms with Crippen molar-refractivity contribution in [2.75, 3.05) is 18.4 Å². The summed E-state index contributed by atoms with van der Waals surface area (Å²) in [6.45, 7) is 1.99. The zero-order valence-corrected chi connectivity index (χ0v) is 15.6. The van der Waals surface area contributed by atoms with Crippen LogP contribution in [0, 0.1) is 0 Å². The first-order chi connectivity index (χ1) is 13.8. The number of hydrogen-bond acceptors (Lipinski definition) is 7. The molecule has 3 aromatic rings. The third-order valence-corrected chi connectivity index (χ3v) is 5.58. The van der Waals surface area contributed by atoms with Gasteiger partial charge in [0.15, 0.2) is 5.65 Å². The highest BCUT2D eigenvalue weighted by molar-refractivity contribution is 5.61. The van der Waals surface area contributed by atoms with E-state index in [1.165, 1.54) is 12.8 Å². The Morgan fingerprint density at radius 3 is 2.82 bits per heavy atom. The minimum absolute atomic E-state index is 0.356. The molecule has 4 heterocycles. The number of nitrogens with zero attached hydrogens (tertiary/aromatic N) is 5. The molecule has 1 atom stereocenters. The van der Waals surface area contributed by atoms with E-state index in [2.05, 4.69) is 20.6 Å². The molecule has 3 fully saturated rings. The molecular weight excluding hydrogens is 354 g/mol. The summed E-state index contributed by atoms with van der Waals surface area (Å²) < 4.78 is 8.00. The maximum Gasteiger partial charge on any atom is 0.157 e. The van der Waals surface area contributed by atoms with E-state index in [-0.39, 0.29) is 0 Å². The highest BCUT2D eigenvalue weighted by atomic mass is 16.5. The average Bonchev–Trinajstić information content (AvgIpc) is 3.63. The lowest BCUT2D eigenvalue weighted by Gasteiger charge is -2.13. The van der Waals surface area contributed by atoms with Crippen LogP contribution >= 0.6 is 0 Å². The normalized spacial score (nSPS) is 21.9. The number of nitrogens with one attached hydrogen (secondary N) is 2. The standard InChI is InChI=1S/C20H23N7O/c1-2-12(1)20-17(28-14-3-4-14)7-19-23-10-16(27(19)26-20)15-9-22-11-18(25-15)24-13-5-6-21-8-13/h7,9-14,21H,1-6,8H2,(H,24,25)/t13-/m1/s1. The van der Waals surface area contributed by atoms with E-state index in [0.717, 1.165) is 66.6 Å². The van der Waals surface area contributed by atoms with Crippen molar-refractivity contribution in [2.24, 2.45) is 0 Å². The maximum absolute atomic E-state index is 6.11. The predicted octanol–water partition coefficient (Wildman–Crippen LogP) is 2.38. The molecule has 0 aromatic carbocycles. The van der Waals surface area contributed by atoms with Gasteiger partial charge in [-0.3, -0.25) is 4.98 Å². The SMILES string of the molecule is c1ncc(-c2cnc3cc(OC4CC4)c(C4CC4)nn23)nc1N[C@@H]1CCNC1. The fourth-order valence-electron chi connectivity index (χ4n) is 3.73. The molecule has 1 saturated heterocycles. The summed E-state index contributed by atoms with van der Waals surface area (Å²) in [7, 11) is 0. The van der Waals surface area contributed by atoms with Gasteiger partial charge in [0.1, 0.15) is 28.6 Å². The number of rotatable bonds is 6. The fourth-order valence-corrected chi connectivity index (χ4v) is 3.73. The van der Waals surface area contributed by atoms with Crippen LogP contribution in [0.5, 0.6) is 5.75 Å². The van der Waals surface area contributed by atoms with Gasteiger partial charge in [0.25, 0.3) is 0 Å². The van der Waals surface area contributed by atoms with E-state index in [0.29, 0.717) is 18.1 Å². The molecule has 1 aliphatic heterocycles. The summed E-state index contributed by atoms with van der Waals surface area (Å²) in [6.07, 6.45) is 11.5. The van der Waals surface area contributed by atoms with Crippen molar-refractivity contribution in [1.29, 1.82) is 0 Å². The Morgan fingerprint density at radius 1 is 1.11 bits per heavy atom. The van der Waals surface area contributed by atoms with Crippen molar-refractivity contribution >= 4 is 11.5 Å². The van der Waals surface area contributed by atoms with Crippen LogP contribution in [-0.4, -0.2) is 49.8 Å². The summed E-state index contributed by atoms with van der Waals surface area (Å²) in [5.41, 5.74) is 3.47. The van der Waals surface area contributed by atoms with Gasteiger partial charge in [0.05, 0.1) is 24.7 Å². The molecule has 0 spiro atoms. The summed E-state index contributed by atoms with van der Waals surface area (Å²) in [6, 6.07) is 2.43. The van der Waals surface area contributed by atoms with E-state index in [4.69, 9.17) is 14.8 Å². The molecule has 8 heteroatoms. The molecule has 2 saturated carbocycles. The molecule has 6 rings (SSSR count). The van der Waals surface area contributed by atoms with E-state index in [1.807, 2.05) is 16.8 Å². The number of anilines is 1. The van der Waals surface area contributed by atoms with Crippen molar-refractivity contribution in [2.45, 2.75) is 50.2 Å². The third-order valence-electron chi connectivity index (χ3n) is 5.58. The van der Waals surface area contributed by atoms with Crippen LogP contribution in [0.25, 0.3) is 17.0 Å². The highest BCUT2D eigenvalue weighted by Crippen LogP contribution is 2.44. The molecule has 0 amide bonds. The van der Waals surface area contributed by atoms with E-state index < -0.39 is 0 Å². The number of fused-ring (bicyclic) bond motifs is 1. The minimum atomic E-state index is 0.356. The van der Waals surface area contributed by atoms with Gasteiger partial charge in [-0.15, -0.1) is 0 Å². The minimum Gasteiger partial charge on any atom is -0.488 e. The quantitative estimate of drug-likeness (QED) is 0.682. The van der Waals surface area contributed by atoms with Crippen LogP contribution in [-0.2, 0) is 0 Å². The first kappa shape index (κ1) is 16.2. The summed E-state index contributed by atoms with van der Waals surface area (Å²) in [5.74, 6) is 2.20. The van der Waals surface area contributed by atoms with Gasteiger partial charge in [-0.25, -0.2) is 14.5 Å². The molecule has 2 N–H and O–H groups in total. The van der Waals surface area contributed by atoms with Crippen LogP contribution in [0.15, 0.2) is 24.7 Å². The lowest BCUT2D eigenvalue weighted by Crippen LogP contribution is -2.22. The largest absolute Gasteiger partial charge is 0.488 e. The van der Waals surface area contributed by atoms with Gasteiger partial charge in [0, 0.05) is 24.6 Å². The molecule has 144 valence electrons. The van der Waals surface area contributed by atoms with E-state index in [1.54, 1.807) is 12.4 Å². The van der Waals surface area contributed by atoms with E-state index >= 15 is 0 Å². The molecule has 0 radical (unpaired) electrons. The molecule has 2 aliphatic carbocycles. The Morgan fingerprint density at radius 2 is 2.04 bits per heavy atom. The van der Waals surface area contributed by atoms with Gasteiger partial charge in [-0.2, -0.15) is 5.10 Å². The maximum atomic E-state index is 6.11. The molecular formula is C20H23N7O. The van der Waals surface area contributed by atoms with Crippen molar-refractivity contribution in [3.63, 3.8) is 0 Å². The molecule has 0 bridgehead atoms. The molecule has 8 nitrogen and oxygen atoms in total.